The Balaban J connectivity index is 1.84. The monoisotopic (exact) mass is 513 g/mol. The maximum Gasteiger partial charge on any atom is 0.316 e. The topological polar surface area (TPSA) is 75.4 Å². The smallest absolute Gasteiger partial charge is 0.316 e. The molecule has 4 rings (SSSR count). The number of aromatic nitrogens is 3. The van der Waals surface area contributed by atoms with Crippen LogP contribution in [0.3, 0.4) is 0 Å². The van der Waals surface area contributed by atoms with Crippen molar-refractivity contribution in [2.45, 2.75) is 25.0 Å². The van der Waals surface area contributed by atoms with Crippen LogP contribution in [0.25, 0.3) is 16.0 Å². The highest BCUT2D eigenvalue weighted by Crippen LogP contribution is 2.29. The normalized spacial score (nSPS) is 11.0. The number of thioether (sulfide) groups is 1. The van der Waals surface area contributed by atoms with Gasteiger partial charge in [0, 0.05) is 6.54 Å². The fourth-order valence-corrected chi connectivity index (χ4v) is 5.62. The van der Waals surface area contributed by atoms with Crippen molar-refractivity contribution < 1.29 is 14.3 Å². The number of rotatable bonds is 9. The Hall–Kier alpha value is -2.95. The van der Waals surface area contributed by atoms with Crippen LogP contribution in [-0.4, -0.2) is 39.6 Å². The number of hydrogen-bond acceptors (Lipinski definition) is 8. The van der Waals surface area contributed by atoms with Crippen molar-refractivity contribution in [1.82, 2.24) is 14.1 Å². The zero-order valence-corrected chi connectivity index (χ0v) is 21.2. The zero-order chi connectivity index (χ0) is 24.1. The molecule has 10 heteroatoms. The second kappa shape index (κ2) is 11.0. The zero-order valence-electron chi connectivity index (χ0n) is 18.7. The van der Waals surface area contributed by atoms with E-state index in [1.54, 1.807) is 26.2 Å². The summed E-state index contributed by atoms with van der Waals surface area (Å²) in [6, 6.07) is 17.3. The molecule has 0 aliphatic heterocycles. The molecule has 0 spiro atoms. The van der Waals surface area contributed by atoms with Gasteiger partial charge in [0.1, 0.15) is 10.4 Å². The Morgan fingerprint density at radius 1 is 1.15 bits per heavy atom. The van der Waals surface area contributed by atoms with Gasteiger partial charge in [-0.25, -0.2) is 4.98 Å². The summed E-state index contributed by atoms with van der Waals surface area (Å²) in [5.41, 5.74) is 1.98. The van der Waals surface area contributed by atoms with Crippen molar-refractivity contribution in [2.75, 3.05) is 19.5 Å². The minimum Gasteiger partial charge on any atom is -0.495 e. The summed E-state index contributed by atoms with van der Waals surface area (Å²) in [6.07, 6.45) is 0.754. The average Bonchev–Trinajstić information content (AvgIpc) is 3.17. The van der Waals surface area contributed by atoms with Crippen LogP contribution in [0.1, 0.15) is 12.5 Å². The molecule has 0 atom stereocenters. The molecule has 0 fully saturated rings. The molecule has 0 aliphatic rings. The standard InChI is InChI=1S/C24H23N3O4S3/c1-3-31-19(28)15-33-23-25-21-20(22(29)27(23)17-11-7-8-12-18(17)30-2)34-24(32)26(21)14-13-16-9-5-4-6-10-16/h4-12H,3,13-15H2,1-2H3. The van der Waals surface area contributed by atoms with Gasteiger partial charge < -0.3 is 14.0 Å². The van der Waals surface area contributed by atoms with Crippen LogP contribution < -0.4 is 10.3 Å². The Bertz CT molecular complexity index is 1430. The number of thiazole rings is 1. The predicted octanol–water partition coefficient (Wildman–Crippen LogP) is 4.88. The molecule has 0 aliphatic carbocycles. The van der Waals surface area contributed by atoms with Crippen LogP contribution in [0.2, 0.25) is 0 Å². The number of carbonyl (C=O) groups excluding carboxylic acids is 1. The Morgan fingerprint density at radius 3 is 2.62 bits per heavy atom. The first-order valence-electron chi connectivity index (χ1n) is 10.7. The van der Waals surface area contributed by atoms with Crippen molar-refractivity contribution in [3.63, 3.8) is 0 Å². The van der Waals surface area contributed by atoms with Crippen molar-refractivity contribution in [3.05, 3.63) is 74.5 Å². The van der Waals surface area contributed by atoms with Gasteiger partial charge in [-0.05, 0) is 43.3 Å². The summed E-state index contributed by atoms with van der Waals surface area (Å²) in [7, 11) is 1.55. The summed E-state index contributed by atoms with van der Waals surface area (Å²) in [5, 5.41) is 0.372. The van der Waals surface area contributed by atoms with Crippen molar-refractivity contribution in [3.8, 4) is 11.4 Å². The second-order valence-electron chi connectivity index (χ2n) is 7.21. The van der Waals surface area contributed by atoms with E-state index in [1.165, 1.54) is 21.5 Å². The third kappa shape index (κ3) is 5.08. The number of fused-ring (bicyclic) bond motifs is 1. The lowest BCUT2D eigenvalue weighted by atomic mass is 10.1. The highest BCUT2D eigenvalue weighted by atomic mass is 32.2. The van der Waals surface area contributed by atoms with Crippen molar-refractivity contribution in [2.24, 2.45) is 0 Å². The van der Waals surface area contributed by atoms with Gasteiger partial charge in [-0.3, -0.25) is 14.2 Å². The first kappa shape index (κ1) is 24.2. The third-order valence-corrected chi connectivity index (χ3v) is 7.41. The molecule has 0 amide bonds. The first-order valence-corrected chi connectivity index (χ1v) is 12.9. The maximum absolute atomic E-state index is 13.7. The molecule has 176 valence electrons. The maximum atomic E-state index is 13.7. The number of esters is 1. The number of ether oxygens (including phenoxy) is 2. The van der Waals surface area contributed by atoms with Gasteiger partial charge in [0.2, 0.25) is 0 Å². The van der Waals surface area contributed by atoms with Gasteiger partial charge in [0.05, 0.1) is 25.2 Å². The molecule has 0 unspecified atom stereocenters. The molecule has 4 aromatic rings. The van der Waals surface area contributed by atoms with E-state index < -0.39 is 0 Å². The van der Waals surface area contributed by atoms with Crippen LogP contribution in [0.4, 0.5) is 0 Å². The van der Waals surface area contributed by atoms with E-state index in [0.717, 1.165) is 18.2 Å². The van der Waals surface area contributed by atoms with Gasteiger partial charge in [-0.2, -0.15) is 0 Å². The van der Waals surface area contributed by atoms with E-state index in [2.05, 4.69) is 12.1 Å². The highest BCUT2D eigenvalue weighted by molar-refractivity contribution is 7.99. The van der Waals surface area contributed by atoms with E-state index in [4.69, 9.17) is 26.7 Å². The lowest BCUT2D eigenvalue weighted by Gasteiger charge is -2.15. The summed E-state index contributed by atoms with van der Waals surface area (Å²) in [4.78, 5) is 30.6. The molecule has 2 heterocycles. The molecular weight excluding hydrogens is 490 g/mol. The summed E-state index contributed by atoms with van der Waals surface area (Å²) in [6.45, 7) is 2.63. The summed E-state index contributed by atoms with van der Waals surface area (Å²) < 4.78 is 15.0. The number of para-hydroxylation sites is 2. The Labute approximate surface area is 210 Å². The van der Waals surface area contributed by atoms with Gasteiger partial charge in [0.25, 0.3) is 5.56 Å². The average molecular weight is 514 g/mol. The molecular formula is C24H23N3O4S3. The molecule has 34 heavy (non-hydrogen) atoms. The molecule has 0 saturated carbocycles. The Morgan fingerprint density at radius 2 is 1.88 bits per heavy atom. The molecule has 2 aromatic carbocycles. The third-order valence-electron chi connectivity index (χ3n) is 5.08. The van der Waals surface area contributed by atoms with Crippen molar-refractivity contribution >= 4 is 51.6 Å². The van der Waals surface area contributed by atoms with Crippen LogP contribution in [0, 0.1) is 3.95 Å². The van der Waals surface area contributed by atoms with E-state index in [-0.39, 0.29) is 23.9 Å². The predicted molar refractivity (Wildman–Crippen MR) is 138 cm³/mol. The first-order chi connectivity index (χ1) is 16.5. The van der Waals surface area contributed by atoms with Crippen LogP contribution in [0.5, 0.6) is 5.75 Å². The number of aryl methyl sites for hydroxylation is 2. The number of hydrogen-bond donors (Lipinski definition) is 0. The molecule has 0 N–H and O–H groups in total. The van der Waals surface area contributed by atoms with Crippen molar-refractivity contribution in [1.29, 1.82) is 0 Å². The van der Waals surface area contributed by atoms with Gasteiger partial charge in [-0.15, -0.1) is 0 Å². The highest BCUT2D eigenvalue weighted by Gasteiger charge is 2.21. The molecule has 0 bridgehead atoms. The molecule has 2 aromatic heterocycles. The Kier molecular flexibility index (Phi) is 7.81. The van der Waals surface area contributed by atoms with Crippen LogP contribution in [0.15, 0.2) is 64.5 Å². The number of benzene rings is 2. The molecule has 0 radical (unpaired) electrons. The molecule has 0 saturated heterocycles. The van der Waals surface area contributed by atoms with E-state index in [1.807, 2.05) is 34.9 Å². The number of carbonyl (C=O) groups is 1. The number of nitrogens with zero attached hydrogens (tertiary/aromatic N) is 3. The summed E-state index contributed by atoms with van der Waals surface area (Å²) in [5.74, 6) is 0.172. The minimum atomic E-state index is -0.375. The number of methoxy groups -OCH3 is 1. The van der Waals surface area contributed by atoms with Gasteiger partial charge >= 0.3 is 5.97 Å². The fraction of sp³-hybridized carbons (Fsp3) is 0.250. The molecule has 7 nitrogen and oxygen atoms in total. The van der Waals surface area contributed by atoms with E-state index in [0.29, 0.717) is 37.4 Å². The summed E-state index contributed by atoms with van der Waals surface area (Å²) >= 11 is 8.00. The SMILES string of the molecule is CCOC(=O)CSc1nc2c(sc(=S)n2CCc2ccccc2)c(=O)n1-c1ccccc1OC. The quantitative estimate of drug-likeness (QED) is 0.137. The van der Waals surface area contributed by atoms with Gasteiger partial charge in [-0.1, -0.05) is 65.6 Å². The largest absolute Gasteiger partial charge is 0.495 e. The van der Waals surface area contributed by atoms with Gasteiger partial charge in [0.15, 0.2) is 14.8 Å². The minimum absolute atomic E-state index is 0.0236. The lowest BCUT2D eigenvalue weighted by molar-refractivity contribution is -0.139. The second-order valence-corrected chi connectivity index (χ2v) is 9.80. The van der Waals surface area contributed by atoms with E-state index in [9.17, 15) is 9.59 Å². The lowest BCUT2D eigenvalue weighted by Crippen LogP contribution is -2.23. The fourth-order valence-electron chi connectivity index (χ4n) is 3.51. The van der Waals surface area contributed by atoms with Crippen LogP contribution in [-0.2, 0) is 22.5 Å². The van der Waals surface area contributed by atoms with Crippen LogP contribution >= 0.6 is 35.3 Å². The van der Waals surface area contributed by atoms with E-state index >= 15 is 0 Å².